The monoisotopic (exact) mass is 551 g/mol. The first-order valence-electron chi connectivity index (χ1n) is 13.7. The van der Waals surface area contributed by atoms with Gasteiger partial charge in [0.15, 0.2) is 5.82 Å². The molecule has 0 atom stereocenters. The maximum atomic E-state index is 13.5. The number of phenols is 1. The van der Waals surface area contributed by atoms with Crippen LogP contribution in [0.15, 0.2) is 73.1 Å². The molecule has 4 N–H and O–H groups in total. The molecule has 0 saturated carbocycles. The number of rotatable bonds is 6. The zero-order valence-corrected chi connectivity index (χ0v) is 24.2. The Morgan fingerprint density at radius 3 is 2.32 bits per heavy atom. The minimum absolute atomic E-state index is 0.0133. The molecule has 2 aromatic heterocycles. The molecule has 0 spiro atoms. The number of nitrogens with zero attached hydrogens (tertiary/aromatic N) is 5. The van der Waals surface area contributed by atoms with Gasteiger partial charge in [-0.05, 0) is 94.1 Å². The average molecular weight is 552 g/mol. The Balaban J connectivity index is 1.30. The van der Waals surface area contributed by atoms with E-state index in [2.05, 4.69) is 53.0 Å². The summed E-state index contributed by atoms with van der Waals surface area (Å²) >= 11 is 0. The van der Waals surface area contributed by atoms with Gasteiger partial charge in [-0.25, -0.2) is 0 Å². The first kappa shape index (κ1) is 27.9. The standard InChI is InChI=1S/C32H37N7O2/c1-31(2)17-25(18-32(3,4)39(31)30(41)15-8-21-6-10-24(33)11-7-21)38(5)29-14-13-27(36-37-29)26-12-9-22(16-28(26)40)23-19-34-35-20-23/h6-16,19-20,25,40H,17-18,33H2,1-5H3,(H,34,35)/b15-8+. The summed E-state index contributed by atoms with van der Waals surface area (Å²) in [6.45, 7) is 8.48. The van der Waals surface area contributed by atoms with E-state index in [0.717, 1.165) is 35.3 Å². The van der Waals surface area contributed by atoms with Crippen molar-refractivity contribution < 1.29 is 9.90 Å². The number of hydrogen-bond acceptors (Lipinski definition) is 7. The van der Waals surface area contributed by atoms with Gasteiger partial charge >= 0.3 is 0 Å². The number of nitrogens with two attached hydrogens (primary N) is 1. The number of nitrogen functional groups attached to an aromatic ring is 1. The van der Waals surface area contributed by atoms with E-state index in [1.165, 1.54) is 0 Å². The highest BCUT2D eigenvalue weighted by atomic mass is 16.3. The minimum atomic E-state index is -0.390. The number of amides is 1. The van der Waals surface area contributed by atoms with Crippen LogP contribution in [0.2, 0.25) is 0 Å². The van der Waals surface area contributed by atoms with Crippen molar-refractivity contribution in [2.45, 2.75) is 57.7 Å². The molecule has 2 aromatic carbocycles. The quantitative estimate of drug-likeness (QED) is 0.213. The van der Waals surface area contributed by atoms with E-state index in [0.29, 0.717) is 16.9 Å². The van der Waals surface area contributed by atoms with E-state index in [-0.39, 0.29) is 28.8 Å². The fourth-order valence-electron chi connectivity index (χ4n) is 6.13. The predicted octanol–water partition coefficient (Wildman–Crippen LogP) is 5.52. The van der Waals surface area contributed by atoms with Gasteiger partial charge in [-0.3, -0.25) is 9.89 Å². The lowest BCUT2D eigenvalue weighted by molar-refractivity contribution is -0.143. The third kappa shape index (κ3) is 5.79. The fourth-order valence-corrected chi connectivity index (χ4v) is 6.13. The van der Waals surface area contributed by atoms with Gasteiger partial charge in [-0.1, -0.05) is 18.2 Å². The summed E-state index contributed by atoms with van der Waals surface area (Å²) in [4.78, 5) is 17.6. The van der Waals surface area contributed by atoms with Gasteiger partial charge < -0.3 is 20.6 Å². The van der Waals surface area contributed by atoms with Crippen LogP contribution in [0.25, 0.3) is 28.5 Å². The van der Waals surface area contributed by atoms with Crippen LogP contribution >= 0.6 is 0 Å². The van der Waals surface area contributed by atoms with Crippen molar-refractivity contribution in [2.75, 3.05) is 17.7 Å². The highest BCUT2D eigenvalue weighted by Gasteiger charge is 2.48. The fraction of sp³-hybridized carbons (Fsp3) is 0.312. The lowest BCUT2D eigenvalue weighted by atomic mass is 9.76. The van der Waals surface area contributed by atoms with Gasteiger partial charge in [-0.15, -0.1) is 10.2 Å². The Labute approximate surface area is 240 Å². The molecular weight excluding hydrogens is 514 g/mol. The number of carbonyl (C=O) groups is 1. The summed E-state index contributed by atoms with van der Waals surface area (Å²) in [5.74, 6) is 0.855. The van der Waals surface area contributed by atoms with Crippen LogP contribution in [0.3, 0.4) is 0 Å². The Bertz CT molecular complexity index is 1520. The van der Waals surface area contributed by atoms with Crippen LogP contribution in [-0.4, -0.2) is 60.5 Å². The third-order valence-corrected chi connectivity index (χ3v) is 7.92. The number of anilines is 2. The predicted molar refractivity (Wildman–Crippen MR) is 163 cm³/mol. The smallest absolute Gasteiger partial charge is 0.247 e. The van der Waals surface area contributed by atoms with Crippen LogP contribution < -0.4 is 10.6 Å². The maximum absolute atomic E-state index is 13.5. The summed E-state index contributed by atoms with van der Waals surface area (Å²) in [6, 6.07) is 16.9. The van der Waals surface area contributed by atoms with E-state index in [1.54, 1.807) is 24.5 Å². The molecule has 1 aliphatic heterocycles. The number of piperidine rings is 1. The summed E-state index contributed by atoms with van der Waals surface area (Å²) in [7, 11) is 2.02. The number of carbonyl (C=O) groups excluding carboxylic acids is 1. The van der Waals surface area contributed by atoms with Crippen LogP contribution in [-0.2, 0) is 4.79 Å². The molecule has 1 aliphatic rings. The number of aromatic amines is 1. The van der Waals surface area contributed by atoms with Crippen molar-refractivity contribution in [2.24, 2.45) is 0 Å². The van der Waals surface area contributed by atoms with Crippen LogP contribution in [0.4, 0.5) is 11.5 Å². The molecule has 0 aliphatic carbocycles. The number of aromatic hydroxyl groups is 1. The summed E-state index contributed by atoms with van der Waals surface area (Å²) in [5.41, 5.74) is 9.59. The van der Waals surface area contributed by atoms with Gasteiger partial charge in [0.2, 0.25) is 5.91 Å². The number of phenolic OH excluding ortho intramolecular Hbond substituents is 1. The first-order chi connectivity index (χ1) is 19.4. The van der Waals surface area contributed by atoms with Crippen molar-refractivity contribution in [1.82, 2.24) is 25.3 Å². The average Bonchev–Trinajstić information content (AvgIpc) is 3.46. The lowest BCUT2D eigenvalue weighted by Gasteiger charge is -2.56. The highest BCUT2D eigenvalue weighted by Crippen LogP contribution is 2.41. The summed E-state index contributed by atoms with van der Waals surface area (Å²) < 4.78 is 0. The van der Waals surface area contributed by atoms with Gasteiger partial charge in [0.1, 0.15) is 5.75 Å². The normalized spacial score (nSPS) is 16.7. The molecule has 0 radical (unpaired) electrons. The molecular formula is C32H37N7O2. The topological polar surface area (TPSA) is 124 Å². The van der Waals surface area contributed by atoms with E-state index in [9.17, 15) is 9.90 Å². The Morgan fingerprint density at radius 2 is 1.73 bits per heavy atom. The number of benzene rings is 2. The molecule has 4 aromatic rings. The van der Waals surface area contributed by atoms with Crippen LogP contribution in [0.5, 0.6) is 5.75 Å². The second kappa shape index (κ2) is 10.7. The Hall–Kier alpha value is -4.66. The van der Waals surface area contributed by atoms with Crippen molar-refractivity contribution in [1.29, 1.82) is 0 Å². The molecule has 3 heterocycles. The van der Waals surface area contributed by atoms with E-state index < -0.39 is 0 Å². The second-order valence-electron chi connectivity index (χ2n) is 12.0. The van der Waals surface area contributed by atoms with Gasteiger partial charge in [0.05, 0.1) is 11.9 Å². The van der Waals surface area contributed by atoms with E-state index >= 15 is 0 Å². The molecule has 212 valence electrons. The first-order valence-corrected chi connectivity index (χ1v) is 13.7. The van der Waals surface area contributed by atoms with Crippen LogP contribution in [0.1, 0.15) is 46.1 Å². The summed E-state index contributed by atoms with van der Waals surface area (Å²) in [5, 5.41) is 26.4. The molecule has 1 saturated heterocycles. The molecule has 0 unspecified atom stereocenters. The minimum Gasteiger partial charge on any atom is -0.507 e. The lowest BCUT2D eigenvalue weighted by Crippen LogP contribution is -2.65. The van der Waals surface area contributed by atoms with Crippen molar-refractivity contribution in [3.63, 3.8) is 0 Å². The Morgan fingerprint density at radius 1 is 1.02 bits per heavy atom. The number of H-pyrrole nitrogens is 1. The number of nitrogens with one attached hydrogen (secondary N) is 1. The molecule has 1 fully saturated rings. The van der Waals surface area contributed by atoms with Crippen molar-refractivity contribution in [3.8, 4) is 28.1 Å². The van der Waals surface area contributed by atoms with Gasteiger partial charge in [-0.2, -0.15) is 5.10 Å². The largest absolute Gasteiger partial charge is 0.507 e. The van der Waals surface area contributed by atoms with Gasteiger partial charge in [0.25, 0.3) is 0 Å². The zero-order valence-electron chi connectivity index (χ0n) is 24.2. The SMILES string of the molecule is CN(c1ccc(-c2ccc(-c3cn[nH]c3)cc2O)nn1)C1CC(C)(C)N(C(=O)/C=C/c2ccc(N)cc2)C(C)(C)C1. The maximum Gasteiger partial charge on any atom is 0.247 e. The highest BCUT2D eigenvalue weighted by molar-refractivity contribution is 5.93. The molecule has 9 nitrogen and oxygen atoms in total. The van der Waals surface area contributed by atoms with Crippen LogP contribution in [0, 0.1) is 0 Å². The number of aromatic nitrogens is 4. The number of likely N-dealkylation sites (tertiary alicyclic amines) is 1. The molecule has 1 amide bonds. The zero-order chi connectivity index (χ0) is 29.4. The van der Waals surface area contributed by atoms with E-state index in [4.69, 9.17) is 5.73 Å². The second-order valence-corrected chi connectivity index (χ2v) is 12.0. The summed E-state index contributed by atoms with van der Waals surface area (Å²) in [6.07, 6.45) is 8.52. The molecule has 0 bridgehead atoms. The van der Waals surface area contributed by atoms with Gasteiger partial charge in [0, 0.05) is 53.3 Å². The van der Waals surface area contributed by atoms with Crippen molar-refractivity contribution >= 4 is 23.5 Å². The third-order valence-electron chi connectivity index (χ3n) is 7.92. The van der Waals surface area contributed by atoms with E-state index in [1.807, 2.05) is 66.6 Å². The molecule has 9 heteroatoms. The Kier molecular flexibility index (Phi) is 7.29. The van der Waals surface area contributed by atoms with Crippen molar-refractivity contribution in [3.05, 3.63) is 78.6 Å². The molecule has 41 heavy (non-hydrogen) atoms. The number of hydrogen-bond donors (Lipinski definition) is 3. The molecule has 5 rings (SSSR count).